The molecule has 0 radical (unpaired) electrons. The van der Waals surface area contributed by atoms with Crippen LogP contribution in [0.15, 0.2) is 59.5 Å². The van der Waals surface area contributed by atoms with Gasteiger partial charge in [-0.2, -0.15) is 8.42 Å². The Morgan fingerprint density at radius 1 is 0.950 bits per heavy atom. The summed E-state index contributed by atoms with van der Waals surface area (Å²) in [5.74, 6) is -0.228. The van der Waals surface area contributed by atoms with Gasteiger partial charge >= 0.3 is 29.6 Å². The monoisotopic (exact) mass is 300 g/mol. The third-order valence-electron chi connectivity index (χ3n) is 2.64. The van der Waals surface area contributed by atoms with Gasteiger partial charge < -0.3 is 0 Å². The van der Waals surface area contributed by atoms with E-state index in [0.717, 1.165) is 7.11 Å². The second-order valence-corrected chi connectivity index (χ2v) is 5.56. The average Bonchev–Trinajstić information content (AvgIpc) is 2.47. The Balaban J connectivity index is 0.00000200. The number of rotatable bonds is 4. The van der Waals surface area contributed by atoms with Crippen LogP contribution in [-0.2, 0) is 14.3 Å². The van der Waals surface area contributed by atoms with Crippen LogP contribution >= 0.6 is 0 Å². The van der Waals surface area contributed by atoms with Crippen LogP contribution in [0.1, 0.15) is 15.9 Å². The average molecular weight is 300 g/mol. The van der Waals surface area contributed by atoms with Gasteiger partial charge in [-0.1, -0.05) is 42.5 Å². The molecular formula is C14H13NaO4S. The summed E-state index contributed by atoms with van der Waals surface area (Å²) in [6.45, 7) is 0. The number of carbonyl (C=O) groups is 1. The molecule has 0 aliphatic carbocycles. The van der Waals surface area contributed by atoms with Gasteiger partial charge in [-0.3, -0.25) is 8.98 Å². The first-order chi connectivity index (χ1) is 9.04. The van der Waals surface area contributed by atoms with Gasteiger partial charge in [0.05, 0.1) is 12.0 Å². The van der Waals surface area contributed by atoms with Gasteiger partial charge in [0.15, 0.2) is 5.78 Å². The zero-order valence-corrected chi connectivity index (χ0v) is 11.1. The molecule has 0 atom stereocenters. The molecule has 0 amide bonds. The molecule has 0 saturated carbocycles. The molecule has 2 aromatic carbocycles. The van der Waals surface area contributed by atoms with Crippen LogP contribution in [0.4, 0.5) is 0 Å². The van der Waals surface area contributed by atoms with Crippen molar-refractivity contribution >= 4 is 45.5 Å². The van der Waals surface area contributed by atoms with E-state index >= 15 is 0 Å². The summed E-state index contributed by atoms with van der Waals surface area (Å²) in [5, 5.41) is 0. The fraction of sp³-hybridized carbons (Fsp3) is 0.0714. The van der Waals surface area contributed by atoms with Crippen molar-refractivity contribution in [1.29, 1.82) is 0 Å². The Labute approximate surface area is 140 Å². The van der Waals surface area contributed by atoms with Crippen molar-refractivity contribution < 1.29 is 17.4 Å². The van der Waals surface area contributed by atoms with E-state index in [4.69, 9.17) is 0 Å². The van der Waals surface area contributed by atoms with Crippen molar-refractivity contribution in [2.45, 2.75) is 4.90 Å². The number of hydrogen-bond donors (Lipinski definition) is 0. The molecule has 0 heterocycles. The number of benzene rings is 2. The number of ketones is 1. The molecule has 4 nitrogen and oxygen atoms in total. The number of hydrogen-bond acceptors (Lipinski definition) is 4. The molecule has 0 saturated heterocycles. The van der Waals surface area contributed by atoms with Crippen molar-refractivity contribution in [1.82, 2.24) is 0 Å². The third kappa shape index (κ3) is 3.77. The van der Waals surface area contributed by atoms with Crippen molar-refractivity contribution in [2.24, 2.45) is 0 Å². The van der Waals surface area contributed by atoms with E-state index in [1.165, 1.54) is 18.2 Å². The van der Waals surface area contributed by atoms with E-state index in [-0.39, 0.29) is 40.2 Å². The molecule has 2 rings (SSSR count). The van der Waals surface area contributed by atoms with Crippen LogP contribution in [0.25, 0.3) is 0 Å². The Hall–Kier alpha value is -0.980. The first-order valence-corrected chi connectivity index (χ1v) is 6.96. The minimum atomic E-state index is -3.79. The first kappa shape index (κ1) is 17.1. The Kier molecular flexibility index (Phi) is 6.10. The summed E-state index contributed by atoms with van der Waals surface area (Å²) < 4.78 is 27.6. The molecule has 0 fully saturated rings. The van der Waals surface area contributed by atoms with Crippen LogP contribution in [0.3, 0.4) is 0 Å². The molecule has 20 heavy (non-hydrogen) atoms. The molecule has 0 spiro atoms. The van der Waals surface area contributed by atoms with Crippen molar-refractivity contribution in [3.8, 4) is 0 Å². The van der Waals surface area contributed by atoms with Gasteiger partial charge in [0, 0.05) is 11.1 Å². The molecule has 0 aromatic heterocycles. The van der Waals surface area contributed by atoms with Crippen LogP contribution in [0, 0.1) is 0 Å². The Morgan fingerprint density at radius 2 is 1.55 bits per heavy atom. The van der Waals surface area contributed by atoms with E-state index in [2.05, 4.69) is 4.18 Å². The standard InChI is InChI=1S/C14H12O4S.Na.H/c1-18-19(16,17)13-9-5-8-12(10-13)14(15)11-6-3-2-4-7-11;;/h2-10H,1H3;;. The second-order valence-electron chi connectivity index (χ2n) is 3.84. The van der Waals surface area contributed by atoms with Crippen LogP contribution < -0.4 is 0 Å². The quantitative estimate of drug-likeness (QED) is 0.489. The molecule has 6 heteroatoms. The predicted molar refractivity (Wildman–Crippen MR) is 77.7 cm³/mol. The molecule has 0 aliphatic rings. The Morgan fingerprint density at radius 3 is 2.15 bits per heavy atom. The van der Waals surface area contributed by atoms with Crippen LogP contribution in [-0.4, -0.2) is 50.9 Å². The third-order valence-corrected chi connectivity index (χ3v) is 3.91. The number of carbonyl (C=O) groups excluding carboxylic acids is 1. The first-order valence-electron chi connectivity index (χ1n) is 5.55. The van der Waals surface area contributed by atoms with Gasteiger partial charge in [0.25, 0.3) is 10.1 Å². The molecule has 0 N–H and O–H groups in total. The zero-order valence-electron chi connectivity index (χ0n) is 10.2. The van der Waals surface area contributed by atoms with E-state index in [1.54, 1.807) is 30.3 Å². The van der Waals surface area contributed by atoms with E-state index in [0.29, 0.717) is 11.1 Å². The van der Waals surface area contributed by atoms with Gasteiger partial charge in [0.1, 0.15) is 0 Å². The zero-order chi connectivity index (χ0) is 13.9. The van der Waals surface area contributed by atoms with E-state index in [9.17, 15) is 13.2 Å². The predicted octanol–water partition coefficient (Wildman–Crippen LogP) is 1.60. The molecule has 0 aliphatic heterocycles. The van der Waals surface area contributed by atoms with Crippen molar-refractivity contribution in [2.75, 3.05) is 7.11 Å². The van der Waals surface area contributed by atoms with E-state index < -0.39 is 10.1 Å². The Bertz CT molecular complexity index is 696. The van der Waals surface area contributed by atoms with Crippen molar-refractivity contribution in [3.05, 3.63) is 65.7 Å². The second kappa shape index (κ2) is 7.15. The summed E-state index contributed by atoms with van der Waals surface area (Å²) in [7, 11) is -2.70. The maximum absolute atomic E-state index is 12.2. The molecular weight excluding hydrogens is 287 g/mol. The van der Waals surface area contributed by atoms with Gasteiger partial charge in [-0.15, -0.1) is 0 Å². The fourth-order valence-corrected chi connectivity index (χ4v) is 2.35. The summed E-state index contributed by atoms with van der Waals surface area (Å²) in [4.78, 5) is 12.1. The molecule has 0 unspecified atom stereocenters. The van der Waals surface area contributed by atoms with Gasteiger partial charge in [-0.05, 0) is 12.1 Å². The van der Waals surface area contributed by atoms with Crippen LogP contribution in [0.2, 0.25) is 0 Å². The summed E-state index contributed by atoms with van der Waals surface area (Å²) in [6, 6.07) is 14.5. The van der Waals surface area contributed by atoms with Gasteiger partial charge in [-0.25, -0.2) is 0 Å². The summed E-state index contributed by atoms with van der Waals surface area (Å²) in [6.07, 6.45) is 0. The summed E-state index contributed by atoms with van der Waals surface area (Å²) in [5.41, 5.74) is 0.818. The van der Waals surface area contributed by atoms with E-state index in [1.807, 2.05) is 6.07 Å². The SMILES string of the molecule is COS(=O)(=O)c1cccc(C(=O)c2ccccc2)c1.[NaH]. The molecule has 0 bridgehead atoms. The topological polar surface area (TPSA) is 60.4 Å². The van der Waals surface area contributed by atoms with Gasteiger partial charge in [0.2, 0.25) is 0 Å². The normalized spacial score (nSPS) is 10.7. The van der Waals surface area contributed by atoms with Crippen molar-refractivity contribution in [3.63, 3.8) is 0 Å². The maximum atomic E-state index is 12.2. The summed E-state index contributed by atoms with van der Waals surface area (Å²) >= 11 is 0. The fourth-order valence-electron chi connectivity index (χ4n) is 1.65. The minimum absolute atomic E-state index is 0. The van der Waals surface area contributed by atoms with Crippen LogP contribution in [0.5, 0.6) is 0 Å². The molecule has 100 valence electrons. The molecule has 2 aromatic rings.